The Bertz CT molecular complexity index is 689. The molecular formula is C14H11Br2ClN2O. The predicted octanol–water partition coefficient (Wildman–Crippen LogP) is 5.01. The summed E-state index contributed by atoms with van der Waals surface area (Å²) in [6.07, 6.45) is 0. The molecule has 0 heterocycles. The fourth-order valence-electron chi connectivity index (χ4n) is 1.70. The Morgan fingerprint density at radius 2 is 1.95 bits per heavy atom. The molecule has 0 saturated heterocycles. The SMILES string of the molecule is Cc1cc(N)c(Cl)cc1NC(=O)c1cc(Br)ccc1Br. The second-order valence-electron chi connectivity index (χ2n) is 4.27. The van der Waals surface area contributed by atoms with Gasteiger partial charge in [-0.1, -0.05) is 27.5 Å². The number of halogens is 3. The van der Waals surface area contributed by atoms with E-state index in [1.54, 1.807) is 18.2 Å². The van der Waals surface area contributed by atoms with E-state index in [4.69, 9.17) is 17.3 Å². The molecule has 0 aliphatic carbocycles. The average Bonchev–Trinajstić information content (AvgIpc) is 2.38. The van der Waals surface area contributed by atoms with Crippen LogP contribution in [0.3, 0.4) is 0 Å². The molecule has 2 aromatic carbocycles. The van der Waals surface area contributed by atoms with Crippen LogP contribution >= 0.6 is 43.5 Å². The summed E-state index contributed by atoms with van der Waals surface area (Å²) in [5.41, 5.74) is 8.24. The van der Waals surface area contributed by atoms with E-state index in [0.29, 0.717) is 22.0 Å². The number of benzene rings is 2. The van der Waals surface area contributed by atoms with Crippen molar-refractivity contribution < 1.29 is 4.79 Å². The zero-order valence-corrected chi connectivity index (χ0v) is 14.4. The summed E-state index contributed by atoms with van der Waals surface area (Å²) in [5.74, 6) is -0.220. The van der Waals surface area contributed by atoms with Gasteiger partial charge in [0.2, 0.25) is 0 Å². The number of carbonyl (C=O) groups excluding carboxylic acids is 1. The molecule has 0 fully saturated rings. The molecule has 0 atom stereocenters. The number of carbonyl (C=O) groups is 1. The molecule has 0 radical (unpaired) electrons. The summed E-state index contributed by atoms with van der Waals surface area (Å²) in [6.45, 7) is 1.86. The Hall–Kier alpha value is -1.04. The zero-order valence-electron chi connectivity index (χ0n) is 10.5. The highest BCUT2D eigenvalue weighted by molar-refractivity contribution is 9.11. The van der Waals surface area contributed by atoms with Gasteiger partial charge in [0.15, 0.2) is 0 Å². The largest absolute Gasteiger partial charge is 0.398 e. The average molecular weight is 419 g/mol. The lowest BCUT2D eigenvalue weighted by Gasteiger charge is -2.11. The number of nitrogen functional groups attached to an aromatic ring is 1. The lowest BCUT2D eigenvalue weighted by Crippen LogP contribution is -2.13. The number of anilines is 2. The van der Waals surface area contributed by atoms with Crippen molar-refractivity contribution in [2.45, 2.75) is 6.92 Å². The monoisotopic (exact) mass is 416 g/mol. The normalized spacial score (nSPS) is 10.4. The van der Waals surface area contributed by atoms with Crippen molar-refractivity contribution in [2.75, 3.05) is 11.1 Å². The molecule has 20 heavy (non-hydrogen) atoms. The van der Waals surface area contributed by atoms with E-state index in [9.17, 15) is 4.79 Å². The maximum absolute atomic E-state index is 12.3. The molecule has 0 unspecified atom stereocenters. The topological polar surface area (TPSA) is 55.1 Å². The van der Waals surface area contributed by atoms with E-state index in [0.717, 1.165) is 14.5 Å². The third-order valence-corrected chi connectivity index (χ3v) is 4.28. The first-order chi connectivity index (χ1) is 9.38. The molecular weight excluding hydrogens is 407 g/mol. The summed E-state index contributed by atoms with van der Waals surface area (Å²) in [6, 6.07) is 8.78. The van der Waals surface area contributed by atoms with Gasteiger partial charge in [-0.25, -0.2) is 0 Å². The fraction of sp³-hybridized carbons (Fsp3) is 0.0714. The van der Waals surface area contributed by atoms with Crippen molar-refractivity contribution >= 4 is 60.7 Å². The van der Waals surface area contributed by atoms with Gasteiger partial charge in [-0.3, -0.25) is 4.79 Å². The summed E-state index contributed by atoms with van der Waals surface area (Å²) in [4.78, 5) is 12.3. The summed E-state index contributed by atoms with van der Waals surface area (Å²) < 4.78 is 1.55. The van der Waals surface area contributed by atoms with Crippen molar-refractivity contribution in [3.8, 4) is 0 Å². The van der Waals surface area contributed by atoms with Crippen LogP contribution in [0.25, 0.3) is 0 Å². The Morgan fingerprint density at radius 1 is 1.25 bits per heavy atom. The van der Waals surface area contributed by atoms with Crippen molar-refractivity contribution in [3.05, 3.63) is 55.4 Å². The van der Waals surface area contributed by atoms with Crippen LogP contribution in [-0.2, 0) is 0 Å². The molecule has 2 rings (SSSR count). The molecule has 0 aliphatic heterocycles. The molecule has 0 aromatic heterocycles. The number of aryl methyl sites for hydroxylation is 1. The number of nitrogens with one attached hydrogen (secondary N) is 1. The molecule has 0 saturated carbocycles. The maximum atomic E-state index is 12.3. The minimum absolute atomic E-state index is 0.220. The molecule has 1 amide bonds. The second kappa shape index (κ2) is 6.16. The minimum Gasteiger partial charge on any atom is -0.398 e. The lowest BCUT2D eigenvalue weighted by atomic mass is 10.1. The van der Waals surface area contributed by atoms with Crippen LogP contribution in [0.4, 0.5) is 11.4 Å². The van der Waals surface area contributed by atoms with Crippen LogP contribution in [0.15, 0.2) is 39.3 Å². The van der Waals surface area contributed by atoms with Crippen LogP contribution in [0, 0.1) is 6.92 Å². The van der Waals surface area contributed by atoms with Crippen molar-refractivity contribution in [1.29, 1.82) is 0 Å². The van der Waals surface area contributed by atoms with Gasteiger partial charge < -0.3 is 11.1 Å². The van der Waals surface area contributed by atoms with Crippen LogP contribution in [0.1, 0.15) is 15.9 Å². The maximum Gasteiger partial charge on any atom is 0.256 e. The van der Waals surface area contributed by atoms with E-state index in [1.165, 1.54) is 0 Å². The van der Waals surface area contributed by atoms with E-state index in [1.807, 2.05) is 19.1 Å². The smallest absolute Gasteiger partial charge is 0.256 e. The third kappa shape index (κ3) is 3.34. The minimum atomic E-state index is -0.220. The molecule has 2 aromatic rings. The predicted molar refractivity (Wildman–Crippen MR) is 90.4 cm³/mol. The first-order valence-electron chi connectivity index (χ1n) is 5.70. The van der Waals surface area contributed by atoms with Crippen molar-refractivity contribution in [3.63, 3.8) is 0 Å². The number of nitrogens with two attached hydrogens (primary N) is 1. The number of amides is 1. The van der Waals surface area contributed by atoms with Crippen LogP contribution < -0.4 is 11.1 Å². The molecule has 0 bridgehead atoms. The van der Waals surface area contributed by atoms with Gasteiger partial charge in [0, 0.05) is 14.6 Å². The molecule has 3 nitrogen and oxygen atoms in total. The van der Waals surface area contributed by atoms with E-state index >= 15 is 0 Å². The van der Waals surface area contributed by atoms with E-state index < -0.39 is 0 Å². The molecule has 0 spiro atoms. The number of rotatable bonds is 2. The molecule has 3 N–H and O–H groups in total. The third-order valence-electron chi connectivity index (χ3n) is 2.76. The summed E-state index contributed by atoms with van der Waals surface area (Å²) in [5, 5.41) is 3.25. The summed E-state index contributed by atoms with van der Waals surface area (Å²) >= 11 is 12.7. The van der Waals surface area contributed by atoms with Crippen LogP contribution in [-0.4, -0.2) is 5.91 Å². The Balaban J connectivity index is 2.32. The molecule has 0 aliphatic rings. The summed E-state index contributed by atoms with van der Waals surface area (Å²) in [7, 11) is 0. The quantitative estimate of drug-likeness (QED) is 0.674. The Labute approximate surface area is 138 Å². The van der Waals surface area contributed by atoms with Gasteiger partial charge in [-0.05, 0) is 58.7 Å². The molecule has 6 heteroatoms. The zero-order chi connectivity index (χ0) is 14.9. The Kier molecular flexibility index (Phi) is 4.73. The highest BCUT2D eigenvalue weighted by Gasteiger charge is 2.13. The highest BCUT2D eigenvalue weighted by Crippen LogP contribution is 2.28. The lowest BCUT2D eigenvalue weighted by molar-refractivity contribution is 0.102. The van der Waals surface area contributed by atoms with Crippen LogP contribution in [0.2, 0.25) is 5.02 Å². The van der Waals surface area contributed by atoms with Crippen molar-refractivity contribution in [2.24, 2.45) is 0 Å². The van der Waals surface area contributed by atoms with E-state index in [-0.39, 0.29) is 5.91 Å². The Morgan fingerprint density at radius 3 is 2.65 bits per heavy atom. The van der Waals surface area contributed by atoms with Gasteiger partial charge in [-0.15, -0.1) is 0 Å². The van der Waals surface area contributed by atoms with Gasteiger partial charge in [0.1, 0.15) is 0 Å². The number of hydrogen-bond donors (Lipinski definition) is 2. The van der Waals surface area contributed by atoms with Gasteiger partial charge in [0.25, 0.3) is 5.91 Å². The number of hydrogen-bond acceptors (Lipinski definition) is 2. The van der Waals surface area contributed by atoms with Crippen molar-refractivity contribution in [1.82, 2.24) is 0 Å². The second-order valence-corrected chi connectivity index (χ2v) is 6.44. The fourth-order valence-corrected chi connectivity index (χ4v) is 2.65. The van der Waals surface area contributed by atoms with Crippen LogP contribution in [0.5, 0.6) is 0 Å². The first-order valence-corrected chi connectivity index (χ1v) is 7.67. The standard InChI is InChI=1S/C14H11Br2ClN2O/c1-7-4-12(18)11(17)6-13(7)19-14(20)9-5-8(15)2-3-10(9)16/h2-6H,18H2,1H3,(H,19,20). The first kappa shape index (κ1) is 15.4. The van der Waals surface area contributed by atoms with E-state index in [2.05, 4.69) is 37.2 Å². The van der Waals surface area contributed by atoms with Gasteiger partial charge in [-0.2, -0.15) is 0 Å². The molecule has 104 valence electrons. The van der Waals surface area contributed by atoms with Gasteiger partial charge >= 0.3 is 0 Å². The highest BCUT2D eigenvalue weighted by atomic mass is 79.9. The van der Waals surface area contributed by atoms with Gasteiger partial charge in [0.05, 0.1) is 16.3 Å².